The van der Waals surface area contributed by atoms with Crippen LogP contribution in [0.5, 0.6) is 0 Å². The number of anilines is 1. The van der Waals surface area contributed by atoms with Gasteiger partial charge in [-0.1, -0.05) is 0 Å². The van der Waals surface area contributed by atoms with Crippen LogP contribution in [0.3, 0.4) is 0 Å². The zero-order chi connectivity index (χ0) is 17.5. The van der Waals surface area contributed by atoms with E-state index in [-0.39, 0.29) is 41.7 Å². The lowest BCUT2D eigenvalue weighted by molar-refractivity contribution is -0.117. The van der Waals surface area contributed by atoms with Gasteiger partial charge in [-0.3, -0.25) is 9.59 Å². The van der Waals surface area contributed by atoms with Gasteiger partial charge in [-0.25, -0.2) is 8.42 Å². The predicted molar refractivity (Wildman–Crippen MR) is 91.7 cm³/mol. The molecule has 0 aromatic heterocycles. The van der Waals surface area contributed by atoms with Crippen LogP contribution in [0.1, 0.15) is 30.6 Å². The van der Waals surface area contributed by atoms with Crippen LogP contribution < -0.4 is 4.90 Å². The summed E-state index contributed by atoms with van der Waals surface area (Å²) in [5.41, 5.74) is 1.24. The number of hydrogen-bond acceptors (Lipinski definition) is 4. The van der Waals surface area contributed by atoms with Crippen molar-refractivity contribution in [1.82, 2.24) is 4.90 Å². The summed E-state index contributed by atoms with van der Waals surface area (Å²) in [6, 6.07) is 6.62. The van der Waals surface area contributed by atoms with Gasteiger partial charge in [0.25, 0.3) is 5.91 Å². The number of fused-ring (bicyclic) bond motifs is 1. The van der Waals surface area contributed by atoms with E-state index in [0.29, 0.717) is 24.3 Å². The molecule has 7 heteroatoms. The summed E-state index contributed by atoms with van der Waals surface area (Å²) in [6.45, 7) is 5.14. The first-order valence-corrected chi connectivity index (χ1v) is 10.1. The summed E-state index contributed by atoms with van der Waals surface area (Å²) in [7, 11) is -3.06. The van der Waals surface area contributed by atoms with Crippen molar-refractivity contribution in [3.05, 3.63) is 29.8 Å². The molecule has 1 aromatic carbocycles. The van der Waals surface area contributed by atoms with Crippen LogP contribution >= 0.6 is 0 Å². The fourth-order valence-corrected chi connectivity index (χ4v) is 5.75. The summed E-state index contributed by atoms with van der Waals surface area (Å²) in [4.78, 5) is 27.9. The van der Waals surface area contributed by atoms with Crippen molar-refractivity contribution in [2.24, 2.45) is 5.92 Å². The molecule has 0 N–H and O–H groups in total. The van der Waals surface area contributed by atoms with E-state index < -0.39 is 9.84 Å². The lowest BCUT2D eigenvalue weighted by Crippen LogP contribution is -2.36. The third kappa shape index (κ3) is 2.92. The van der Waals surface area contributed by atoms with Crippen molar-refractivity contribution in [1.29, 1.82) is 0 Å². The predicted octanol–water partition coefficient (Wildman–Crippen LogP) is 1.32. The molecule has 2 unspecified atom stereocenters. The van der Waals surface area contributed by atoms with Crippen molar-refractivity contribution < 1.29 is 18.0 Å². The zero-order valence-electron chi connectivity index (χ0n) is 13.9. The largest absolute Gasteiger partial charge is 0.339 e. The summed E-state index contributed by atoms with van der Waals surface area (Å²) < 4.78 is 23.6. The minimum atomic E-state index is -3.06. The molecule has 2 heterocycles. The van der Waals surface area contributed by atoms with E-state index >= 15 is 0 Å². The Balaban J connectivity index is 1.83. The van der Waals surface area contributed by atoms with Crippen LogP contribution in [0.15, 0.2) is 24.3 Å². The smallest absolute Gasteiger partial charge is 0.253 e. The minimum Gasteiger partial charge on any atom is -0.339 e. The molecule has 0 saturated carbocycles. The van der Waals surface area contributed by atoms with Gasteiger partial charge in [0.15, 0.2) is 9.84 Å². The van der Waals surface area contributed by atoms with Gasteiger partial charge in [0.05, 0.1) is 17.5 Å². The minimum absolute atomic E-state index is 0.0313. The summed E-state index contributed by atoms with van der Waals surface area (Å²) in [5, 5.41) is 0. The van der Waals surface area contributed by atoms with Gasteiger partial charge in [-0.05, 0) is 38.1 Å². The molecule has 0 aliphatic carbocycles. The molecule has 130 valence electrons. The van der Waals surface area contributed by atoms with Crippen LogP contribution in [0.25, 0.3) is 0 Å². The Kier molecular flexibility index (Phi) is 4.38. The second kappa shape index (κ2) is 6.20. The van der Waals surface area contributed by atoms with Gasteiger partial charge >= 0.3 is 0 Å². The standard InChI is InChI=1S/C17H22N2O4S/c1-3-18(4-2)17(21)12-5-7-14(8-6-12)19-15-11-24(22,23)10-13(15)9-16(19)20/h5-8,13,15H,3-4,9-11H2,1-2H3. The first kappa shape index (κ1) is 17.0. The number of sulfone groups is 1. The molecular weight excluding hydrogens is 328 g/mol. The molecule has 6 nitrogen and oxygen atoms in total. The lowest BCUT2D eigenvalue weighted by atomic mass is 10.0. The molecule has 2 fully saturated rings. The van der Waals surface area contributed by atoms with E-state index in [4.69, 9.17) is 0 Å². The second-order valence-electron chi connectivity index (χ2n) is 6.40. The van der Waals surface area contributed by atoms with Gasteiger partial charge in [0.1, 0.15) is 0 Å². The highest BCUT2D eigenvalue weighted by Crippen LogP contribution is 2.37. The highest BCUT2D eigenvalue weighted by atomic mass is 32.2. The molecule has 0 bridgehead atoms. The molecule has 24 heavy (non-hydrogen) atoms. The van der Waals surface area contributed by atoms with E-state index in [1.54, 1.807) is 34.1 Å². The number of benzene rings is 1. The summed E-state index contributed by atoms with van der Waals surface area (Å²) in [5.74, 6) is -0.0649. The zero-order valence-corrected chi connectivity index (χ0v) is 14.8. The summed E-state index contributed by atoms with van der Waals surface area (Å²) >= 11 is 0. The highest BCUT2D eigenvalue weighted by molar-refractivity contribution is 7.91. The van der Waals surface area contributed by atoms with Gasteiger partial charge in [-0.15, -0.1) is 0 Å². The van der Waals surface area contributed by atoms with E-state index in [0.717, 1.165) is 0 Å². The van der Waals surface area contributed by atoms with E-state index in [1.165, 1.54) is 0 Å². The second-order valence-corrected chi connectivity index (χ2v) is 8.55. The Morgan fingerprint density at radius 2 is 1.79 bits per heavy atom. The number of rotatable bonds is 4. The molecular formula is C17H22N2O4S. The SMILES string of the molecule is CCN(CC)C(=O)c1ccc(N2C(=O)CC3CS(=O)(=O)CC32)cc1. The van der Waals surface area contributed by atoms with Crippen molar-refractivity contribution in [2.45, 2.75) is 26.3 Å². The normalized spacial score (nSPS) is 24.9. The maximum atomic E-state index is 12.3. The number of amides is 2. The fourth-order valence-electron chi connectivity index (χ4n) is 3.68. The topological polar surface area (TPSA) is 74.8 Å². The van der Waals surface area contributed by atoms with Crippen LogP contribution in [0.4, 0.5) is 5.69 Å². The fraction of sp³-hybridized carbons (Fsp3) is 0.529. The Labute approximate surface area is 142 Å². The molecule has 2 amide bonds. The third-order valence-corrected chi connectivity index (χ3v) is 6.70. The van der Waals surface area contributed by atoms with Crippen molar-refractivity contribution >= 4 is 27.3 Å². The van der Waals surface area contributed by atoms with Crippen molar-refractivity contribution in [3.8, 4) is 0 Å². The quantitative estimate of drug-likeness (QED) is 0.821. The molecule has 2 atom stereocenters. The van der Waals surface area contributed by atoms with Gasteiger partial charge in [0.2, 0.25) is 5.91 Å². The first-order chi connectivity index (χ1) is 11.4. The lowest BCUT2D eigenvalue weighted by Gasteiger charge is -2.24. The number of carbonyl (C=O) groups is 2. The van der Waals surface area contributed by atoms with Gasteiger partial charge in [-0.2, -0.15) is 0 Å². The van der Waals surface area contributed by atoms with Crippen molar-refractivity contribution in [3.63, 3.8) is 0 Å². The third-order valence-electron chi connectivity index (χ3n) is 4.92. The number of nitrogens with zero attached hydrogens (tertiary/aromatic N) is 2. The van der Waals surface area contributed by atoms with E-state index in [1.807, 2.05) is 13.8 Å². The number of hydrogen-bond donors (Lipinski definition) is 0. The Bertz CT molecular complexity index is 753. The molecule has 0 spiro atoms. The number of carbonyl (C=O) groups excluding carboxylic acids is 2. The van der Waals surface area contributed by atoms with Crippen LogP contribution in [0, 0.1) is 5.92 Å². The van der Waals surface area contributed by atoms with E-state index in [2.05, 4.69) is 0 Å². The Morgan fingerprint density at radius 1 is 1.17 bits per heavy atom. The van der Waals surface area contributed by atoms with Crippen LogP contribution in [-0.2, 0) is 14.6 Å². The Hall–Kier alpha value is -1.89. The first-order valence-electron chi connectivity index (χ1n) is 8.28. The van der Waals surface area contributed by atoms with Gasteiger partial charge in [0, 0.05) is 36.7 Å². The van der Waals surface area contributed by atoms with E-state index in [9.17, 15) is 18.0 Å². The summed E-state index contributed by atoms with van der Waals surface area (Å²) in [6.07, 6.45) is 0.282. The molecule has 3 rings (SSSR count). The highest BCUT2D eigenvalue weighted by Gasteiger charge is 2.49. The average Bonchev–Trinajstić information content (AvgIpc) is 2.98. The van der Waals surface area contributed by atoms with Crippen molar-refractivity contribution in [2.75, 3.05) is 29.5 Å². The Morgan fingerprint density at radius 3 is 2.38 bits per heavy atom. The molecule has 1 aromatic rings. The molecule has 2 saturated heterocycles. The maximum absolute atomic E-state index is 12.3. The molecule has 0 radical (unpaired) electrons. The molecule has 2 aliphatic rings. The van der Waals surface area contributed by atoms with Gasteiger partial charge < -0.3 is 9.80 Å². The van der Waals surface area contributed by atoms with Crippen LogP contribution in [-0.4, -0.2) is 55.8 Å². The maximum Gasteiger partial charge on any atom is 0.253 e. The average molecular weight is 350 g/mol. The van der Waals surface area contributed by atoms with Crippen LogP contribution in [0.2, 0.25) is 0 Å². The molecule has 2 aliphatic heterocycles. The monoisotopic (exact) mass is 350 g/mol.